The molecule has 6 nitrogen and oxygen atoms in total. The lowest BCUT2D eigenvalue weighted by atomic mass is 10.1. The molecule has 1 heterocycles. The Morgan fingerprint density at radius 2 is 2.00 bits per heavy atom. The standard InChI is InChI=1S/C8H14ClN5O/c1-8(2,4-15)14(3)7-12-5(9)11-6(10)13-7/h15H,4H2,1-3H3,(H2,10,11,12,13). The van der Waals surface area contributed by atoms with Crippen LogP contribution in [0.4, 0.5) is 11.9 Å². The van der Waals surface area contributed by atoms with E-state index in [1.807, 2.05) is 13.8 Å². The summed E-state index contributed by atoms with van der Waals surface area (Å²) in [6.45, 7) is 3.66. The fraction of sp³-hybridized carbons (Fsp3) is 0.625. The zero-order chi connectivity index (χ0) is 11.6. The Bertz CT molecular complexity index is 337. The molecule has 7 heteroatoms. The fourth-order valence-electron chi connectivity index (χ4n) is 0.881. The van der Waals surface area contributed by atoms with E-state index in [0.717, 1.165) is 0 Å². The third kappa shape index (κ3) is 2.66. The van der Waals surface area contributed by atoms with Gasteiger partial charge in [0.05, 0.1) is 12.1 Å². The Morgan fingerprint density at radius 1 is 1.40 bits per heavy atom. The molecule has 0 aliphatic rings. The zero-order valence-corrected chi connectivity index (χ0v) is 9.65. The second-order valence-corrected chi connectivity index (χ2v) is 4.13. The summed E-state index contributed by atoms with van der Waals surface area (Å²) in [6.07, 6.45) is 0. The molecule has 1 aromatic rings. The van der Waals surface area contributed by atoms with Gasteiger partial charge in [0.2, 0.25) is 17.2 Å². The Labute approximate surface area is 93.1 Å². The maximum atomic E-state index is 9.19. The van der Waals surface area contributed by atoms with E-state index in [4.69, 9.17) is 17.3 Å². The van der Waals surface area contributed by atoms with Crippen molar-refractivity contribution in [1.29, 1.82) is 0 Å². The van der Waals surface area contributed by atoms with Crippen LogP contribution in [0.25, 0.3) is 0 Å². The lowest BCUT2D eigenvalue weighted by Gasteiger charge is -2.33. The van der Waals surface area contributed by atoms with E-state index in [1.165, 1.54) is 0 Å². The van der Waals surface area contributed by atoms with Crippen molar-refractivity contribution in [3.8, 4) is 0 Å². The van der Waals surface area contributed by atoms with Crippen LogP contribution in [0.1, 0.15) is 13.8 Å². The molecule has 1 rings (SSSR count). The van der Waals surface area contributed by atoms with Crippen LogP contribution < -0.4 is 10.6 Å². The number of nitrogens with zero attached hydrogens (tertiary/aromatic N) is 4. The third-order valence-electron chi connectivity index (χ3n) is 2.21. The average Bonchev–Trinajstić information content (AvgIpc) is 2.15. The first-order valence-electron chi connectivity index (χ1n) is 4.38. The largest absolute Gasteiger partial charge is 0.394 e. The van der Waals surface area contributed by atoms with E-state index < -0.39 is 5.54 Å². The number of halogens is 1. The molecule has 15 heavy (non-hydrogen) atoms. The second kappa shape index (κ2) is 4.16. The molecular weight excluding hydrogens is 218 g/mol. The van der Waals surface area contributed by atoms with Crippen LogP contribution >= 0.6 is 11.6 Å². The summed E-state index contributed by atoms with van der Waals surface area (Å²) in [4.78, 5) is 13.2. The number of likely N-dealkylation sites (N-methyl/N-ethyl adjacent to an activating group) is 1. The van der Waals surface area contributed by atoms with Crippen LogP contribution in [0.15, 0.2) is 0 Å². The van der Waals surface area contributed by atoms with E-state index in [9.17, 15) is 5.11 Å². The van der Waals surface area contributed by atoms with Crippen molar-refractivity contribution in [3.63, 3.8) is 0 Å². The highest BCUT2D eigenvalue weighted by atomic mass is 35.5. The highest BCUT2D eigenvalue weighted by molar-refractivity contribution is 6.28. The van der Waals surface area contributed by atoms with Gasteiger partial charge in [-0.15, -0.1) is 0 Å². The van der Waals surface area contributed by atoms with Crippen molar-refractivity contribution in [2.75, 3.05) is 24.3 Å². The van der Waals surface area contributed by atoms with Crippen molar-refractivity contribution >= 4 is 23.5 Å². The van der Waals surface area contributed by atoms with Gasteiger partial charge in [-0.25, -0.2) is 0 Å². The smallest absolute Gasteiger partial charge is 0.231 e. The first-order chi connectivity index (χ1) is 6.86. The normalized spacial score (nSPS) is 11.5. The minimum Gasteiger partial charge on any atom is -0.394 e. The van der Waals surface area contributed by atoms with E-state index in [2.05, 4.69) is 15.0 Å². The predicted octanol–water partition coefficient (Wildman–Crippen LogP) is 0.314. The Hall–Kier alpha value is -1.14. The lowest BCUT2D eigenvalue weighted by molar-refractivity contribution is 0.215. The van der Waals surface area contributed by atoms with Crippen molar-refractivity contribution in [2.45, 2.75) is 19.4 Å². The summed E-state index contributed by atoms with van der Waals surface area (Å²) in [6, 6.07) is 0. The fourth-order valence-corrected chi connectivity index (χ4v) is 1.04. The number of aromatic nitrogens is 3. The summed E-state index contributed by atoms with van der Waals surface area (Å²) < 4.78 is 0. The topological polar surface area (TPSA) is 88.2 Å². The average molecular weight is 232 g/mol. The summed E-state index contributed by atoms with van der Waals surface area (Å²) >= 11 is 5.66. The molecule has 0 unspecified atom stereocenters. The zero-order valence-electron chi connectivity index (χ0n) is 8.90. The van der Waals surface area contributed by atoms with Gasteiger partial charge in [-0.2, -0.15) is 15.0 Å². The Balaban J connectivity index is 3.06. The molecular formula is C8H14ClN5O. The van der Waals surface area contributed by atoms with E-state index in [-0.39, 0.29) is 17.8 Å². The first-order valence-corrected chi connectivity index (χ1v) is 4.76. The van der Waals surface area contributed by atoms with Gasteiger partial charge >= 0.3 is 0 Å². The van der Waals surface area contributed by atoms with Gasteiger partial charge < -0.3 is 15.7 Å². The number of rotatable bonds is 3. The van der Waals surface area contributed by atoms with Crippen LogP contribution in [-0.2, 0) is 0 Å². The number of aliphatic hydroxyl groups excluding tert-OH is 1. The van der Waals surface area contributed by atoms with Gasteiger partial charge in [-0.1, -0.05) is 0 Å². The minimum atomic E-state index is -0.489. The number of nitrogens with two attached hydrogens (primary N) is 1. The van der Waals surface area contributed by atoms with Gasteiger partial charge in [0.1, 0.15) is 0 Å². The first kappa shape index (κ1) is 11.9. The Kier molecular flexibility index (Phi) is 3.31. The minimum absolute atomic E-state index is 0.0350. The van der Waals surface area contributed by atoms with E-state index in [1.54, 1.807) is 11.9 Å². The molecule has 0 bridgehead atoms. The number of hydrogen-bond donors (Lipinski definition) is 2. The highest BCUT2D eigenvalue weighted by Gasteiger charge is 2.25. The summed E-state index contributed by atoms with van der Waals surface area (Å²) in [5.74, 6) is 0.400. The van der Waals surface area contributed by atoms with Crippen molar-refractivity contribution in [2.24, 2.45) is 0 Å². The summed E-state index contributed by atoms with van der Waals surface area (Å²) in [5, 5.41) is 9.23. The van der Waals surface area contributed by atoms with Gasteiger partial charge in [0, 0.05) is 7.05 Å². The predicted molar refractivity (Wildman–Crippen MR) is 58.8 cm³/mol. The van der Waals surface area contributed by atoms with Gasteiger partial charge in [-0.3, -0.25) is 0 Å². The Morgan fingerprint density at radius 3 is 2.47 bits per heavy atom. The molecule has 0 aliphatic heterocycles. The van der Waals surface area contributed by atoms with Crippen LogP contribution in [0.3, 0.4) is 0 Å². The summed E-state index contributed by atoms with van der Waals surface area (Å²) in [7, 11) is 1.75. The lowest BCUT2D eigenvalue weighted by Crippen LogP contribution is -2.45. The quantitative estimate of drug-likeness (QED) is 0.779. The van der Waals surface area contributed by atoms with E-state index in [0.29, 0.717) is 5.95 Å². The van der Waals surface area contributed by atoms with Gasteiger partial charge in [0.25, 0.3) is 0 Å². The van der Waals surface area contributed by atoms with Crippen LogP contribution in [0.5, 0.6) is 0 Å². The third-order valence-corrected chi connectivity index (χ3v) is 2.38. The maximum absolute atomic E-state index is 9.19. The molecule has 0 amide bonds. The molecule has 0 radical (unpaired) electrons. The second-order valence-electron chi connectivity index (χ2n) is 3.79. The molecule has 0 saturated heterocycles. The van der Waals surface area contributed by atoms with Crippen LogP contribution in [0, 0.1) is 0 Å². The molecule has 1 aromatic heterocycles. The maximum Gasteiger partial charge on any atom is 0.231 e. The molecule has 0 aromatic carbocycles. The van der Waals surface area contributed by atoms with Gasteiger partial charge in [-0.05, 0) is 25.4 Å². The molecule has 0 saturated carbocycles. The van der Waals surface area contributed by atoms with Crippen molar-refractivity contribution in [3.05, 3.63) is 5.28 Å². The number of nitrogen functional groups attached to an aromatic ring is 1. The number of hydrogen-bond acceptors (Lipinski definition) is 6. The van der Waals surface area contributed by atoms with Crippen molar-refractivity contribution in [1.82, 2.24) is 15.0 Å². The molecule has 0 atom stereocenters. The van der Waals surface area contributed by atoms with Crippen LogP contribution in [0.2, 0.25) is 5.28 Å². The number of aliphatic hydroxyl groups is 1. The summed E-state index contributed by atoms with van der Waals surface area (Å²) in [5.41, 5.74) is 4.96. The monoisotopic (exact) mass is 231 g/mol. The molecule has 3 N–H and O–H groups in total. The molecule has 0 spiro atoms. The molecule has 0 aliphatic carbocycles. The highest BCUT2D eigenvalue weighted by Crippen LogP contribution is 2.19. The molecule has 0 fully saturated rings. The van der Waals surface area contributed by atoms with Crippen LogP contribution in [-0.4, -0.2) is 39.3 Å². The van der Waals surface area contributed by atoms with Crippen molar-refractivity contribution < 1.29 is 5.11 Å². The van der Waals surface area contributed by atoms with Gasteiger partial charge in [0.15, 0.2) is 0 Å². The van der Waals surface area contributed by atoms with E-state index >= 15 is 0 Å². The number of anilines is 2. The SMILES string of the molecule is CN(c1nc(N)nc(Cl)n1)C(C)(C)CO. The molecule has 84 valence electrons.